The summed E-state index contributed by atoms with van der Waals surface area (Å²) in [6, 6.07) is 15.9. The molecule has 0 aliphatic carbocycles. The number of fused-ring (bicyclic) bond motifs is 2. The molecule has 2 amide bonds. The molecule has 0 unspecified atom stereocenters. The predicted octanol–water partition coefficient (Wildman–Crippen LogP) is 7.20. The number of nitrogens with zero attached hydrogens (tertiary/aromatic N) is 3. The van der Waals surface area contributed by atoms with Gasteiger partial charge in [-0.3, -0.25) is 9.59 Å². The normalized spacial score (nSPS) is 16.1. The van der Waals surface area contributed by atoms with Gasteiger partial charge >= 0.3 is 0 Å². The number of aromatic nitrogens is 2. The van der Waals surface area contributed by atoms with Crippen LogP contribution in [0.25, 0.3) is 11.3 Å². The zero-order valence-electron chi connectivity index (χ0n) is 22.9. The van der Waals surface area contributed by atoms with Crippen molar-refractivity contribution in [3.63, 3.8) is 0 Å². The van der Waals surface area contributed by atoms with Crippen LogP contribution < -0.4 is 10.1 Å². The average Bonchev–Trinajstić information content (AvgIpc) is 3.68. The highest BCUT2D eigenvalue weighted by Crippen LogP contribution is 2.52. The molecule has 0 spiro atoms. The summed E-state index contributed by atoms with van der Waals surface area (Å²) >= 11 is 3.01. The number of para-hydroxylation sites is 1. The molecule has 4 heterocycles. The first-order valence-electron chi connectivity index (χ1n) is 13.4. The Bertz CT molecular complexity index is 1650. The van der Waals surface area contributed by atoms with Gasteiger partial charge in [0.05, 0.1) is 27.1 Å². The maximum absolute atomic E-state index is 15.1. The fourth-order valence-corrected chi connectivity index (χ4v) is 6.79. The quantitative estimate of drug-likeness (QED) is 0.240. The van der Waals surface area contributed by atoms with Crippen molar-refractivity contribution in [2.24, 2.45) is 5.41 Å². The first kappa shape index (κ1) is 27.4. The van der Waals surface area contributed by atoms with Crippen LogP contribution in [0, 0.1) is 11.2 Å². The predicted molar refractivity (Wildman–Crippen MR) is 159 cm³/mol. The number of carbonyl (C=O) groups is 2. The van der Waals surface area contributed by atoms with Crippen molar-refractivity contribution >= 4 is 40.0 Å². The number of pyridine rings is 1. The molecule has 10 heteroatoms. The number of benzene rings is 2. The lowest BCUT2D eigenvalue weighted by molar-refractivity contribution is -0.124. The number of amides is 2. The Balaban J connectivity index is 1.33. The van der Waals surface area contributed by atoms with Gasteiger partial charge in [-0.1, -0.05) is 55.5 Å². The van der Waals surface area contributed by atoms with E-state index in [1.807, 2.05) is 50.4 Å². The second-order valence-corrected chi connectivity index (χ2v) is 12.9. The molecular formula is C31H29FN4O3S2. The molecule has 2 aliphatic rings. The summed E-state index contributed by atoms with van der Waals surface area (Å²) in [5.74, 6) is -0.406. The van der Waals surface area contributed by atoms with Crippen molar-refractivity contribution < 1.29 is 18.7 Å². The Morgan fingerprint density at radius 2 is 1.88 bits per heavy atom. The van der Waals surface area contributed by atoms with E-state index in [4.69, 9.17) is 9.72 Å². The Hall–Kier alpha value is -3.76. The number of hydrogen-bond acceptors (Lipinski definition) is 7. The van der Waals surface area contributed by atoms with E-state index in [1.165, 1.54) is 23.5 Å². The zero-order chi connectivity index (χ0) is 28.7. The molecule has 4 aromatic rings. The molecule has 0 radical (unpaired) electrons. The summed E-state index contributed by atoms with van der Waals surface area (Å²) < 4.78 is 22.4. The molecule has 2 aliphatic heterocycles. The molecule has 1 atom stereocenters. The van der Waals surface area contributed by atoms with E-state index < -0.39 is 11.2 Å². The van der Waals surface area contributed by atoms with Gasteiger partial charge in [0.15, 0.2) is 5.13 Å². The Morgan fingerprint density at radius 1 is 1.10 bits per heavy atom. The summed E-state index contributed by atoms with van der Waals surface area (Å²) in [6.07, 6.45) is 5.60. The highest BCUT2D eigenvalue weighted by molar-refractivity contribution is 8.00. The van der Waals surface area contributed by atoms with Crippen LogP contribution in [0.15, 0.2) is 65.0 Å². The van der Waals surface area contributed by atoms with Crippen LogP contribution in [0.1, 0.15) is 54.1 Å². The maximum atomic E-state index is 15.1. The molecule has 7 nitrogen and oxygen atoms in total. The standard InChI is InChI=1S/C31H29FN4O3S2/c1-31(2,29(38)35-30-33-17-25(40-3)41-30)26-20-8-4-5-9-24(20)39-27-21(26)12-13-23(34-27)18-10-11-19(22(32)16-18)28(37)36-14-6-7-15-36/h4-5,8-13,16-17,26H,6-7,14-15H2,1-3H3,(H,33,35,38)/t26-/m0/s1. The van der Waals surface area contributed by atoms with Crippen LogP contribution >= 0.6 is 23.1 Å². The Labute approximate surface area is 246 Å². The van der Waals surface area contributed by atoms with Crippen LogP contribution in [0.4, 0.5) is 9.52 Å². The van der Waals surface area contributed by atoms with Gasteiger partial charge < -0.3 is 15.0 Å². The number of thiazole rings is 1. The van der Waals surface area contributed by atoms with E-state index in [-0.39, 0.29) is 23.3 Å². The summed E-state index contributed by atoms with van der Waals surface area (Å²) in [4.78, 5) is 37.2. The minimum atomic E-state index is -0.896. The van der Waals surface area contributed by atoms with Crippen molar-refractivity contribution in [3.8, 4) is 22.9 Å². The van der Waals surface area contributed by atoms with Gasteiger partial charge in [0.1, 0.15) is 11.6 Å². The third-order valence-electron chi connectivity index (χ3n) is 7.74. The van der Waals surface area contributed by atoms with E-state index in [0.717, 1.165) is 28.2 Å². The number of carbonyl (C=O) groups excluding carboxylic acids is 2. The lowest BCUT2D eigenvalue weighted by Crippen LogP contribution is -2.38. The second kappa shape index (κ2) is 10.9. The highest BCUT2D eigenvalue weighted by Gasteiger charge is 2.44. The molecule has 2 aromatic carbocycles. The second-order valence-electron chi connectivity index (χ2n) is 10.7. The van der Waals surface area contributed by atoms with Gasteiger partial charge in [0, 0.05) is 35.7 Å². The lowest BCUT2D eigenvalue weighted by atomic mass is 9.69. The van der Waals surface area contributed by atoms with Crippen LogP contribution in [-0.2, 0) is 4.79 Å². The van der Waals surface area contributed by atoms with Gasteiger partial charge in [-0.25, -0.2) is 14.4 Å². The Kier molecular flexibility index (Phi) is 7.29. The van der Waals surface area contributed by atoms with Crippen molar-refractivity contribution in [3.05, 3.63) is 83.3 Å². The van der Waals surface area contributed by atoms with E-state index in [2.05, 4.69) is 10.3 Å². The first-order valence-corrected chi connectivity index (χ1v) is 15.5. The van der Waals surface area contributed by atoms with Gasteiger partial charge in [-0.15, -0.1) is 11.8 Å². The van der Waals surface area contributed by atoms with Crippen LogP contribution in [0.2, 0.25) is 0 Å². The van der Waals surface area contributed by atoms with E-state index in [9.17, 15) is 9.59 Å². The third-order valence-corrected chi connectivity index (χ3v) is 9.70. The molecule has 2 aromatic heterocycles. The minimum absolute atomic E-state index is 0.0662. The van der Waals surface area contributed by atoms with E-state index in [1.54, 1.807) is 35.0 Å². The number of anilines is 1. The lowest BCUT2D eigenvalue weighted by Gasteiger charge is -2.37. The van der Waals surface area contributed by atoms with Gasteiger partial charge in [-0.2, -0.15) is 0 Å². The number of rotatable bonds is 6. The van der Waals surface area contributed by atoms with Crippen LogP contribution in [0.3, 0.4) is 0 Å². The third kappa shape index (κ3) is 5.10. The van der Waals surface area contributed by atoms with Crippen molar-refractivity contribution in [2.75, 3.05) is 24.7 Å². The highest BCUT2D eigenvalue weighted by atomic mass is 32.2. The van der Waals surface area contributed by atoms with Crippen molar-refractivity contribution in [2.45, 2.75) is 36.8 Å². The number of hydrogen-bond donors (Lipinski definition) is 1. The molecule has 1 fully saturated rings. The fourth-order valence-electron chi connectivity index (χ4n) is 5.51. The van der Waals surface area contributed by atoms with E-state index in [0.29, 0.717) is 41.1 Å². The SMILES string of the molecule is CSc1cnc(NC(=O)C(C)(C)[C@H]2c3ccccc3Oc3nc(-c4ccc(C(=O)N5CCCC5)c(F)c4)ccc32)s1. The number of ether oxygens (including phenoxy) is 1. The monoisotopic (exact) mass is 588 g/mol. The molecule has 41 heavy (non-hydrogen) atoms. The molecule has 1 N–H and O–H groups in total. The van der Waals surface area contributed by atoms with E-state index >= 15 is 4.39 Å². The fraction of sp³-hybridized carbons (Fsp3) is 0.290. The van der Waals surface area contributed by atoms with Crippen molar-refractivity contribution in [1.82, 2.24) is 14.9 Å². The number of nitrogens with one attached hydrogen (secondary N) is 1. The molecule has 210 valence electrons. The largest absolute Gasteiger partial charge is 0.438 e. The molecule has 1 saturated heterocycles. The molecule has 0 saturated carbocycles. The molecular weight excluding hydrogens is 559 g/mol. The van der Waals surface area contributed by atoms with Crippen LogP contribution in [0.5, 0.6) is 11.6 Å². The topological polar surface area (TPSA) is 84.4 Å². The zero-order valence-corrected chi connectivity index (χ0v) is 24.6. The summed E-state index contributed by atoms with van der Waals surface area (Å²) in [7, 11) is 0. The molecule has 6 rings (SSSR count). The maximum Gasteiger partial charge on any atom is 0.256 e. The number of likely N-dealkylation sites (tertiary alicyclic amines) is 1. The number of thioether (sulfide) groups is 1. The van der Waals surface area contributed by atoms with Gasteiger partial charge in [-0.05, 0) is 43.4 Å². The number of halogens is 1. The smallest absolute Gasteiger partial charge is 0.256 e. The molecule has 0 bridgehead atoms. The Morgan fingerprint density at radius 3 is 2.61 bits per heavy atom. The van der Waals surface area contributed by atoms with Crippen molar-refractivity contribution in [1.29, 1.82) is 0 Å². The van der Waals surface area contributed by atoms with Gasteiger partial charge in [0.2, 0.25) is 11.8 Å². The average molecular weight is 589 g/mol. The van der Waals surface area contributed by atoms with Crippen LogP contribution in [-0.4, -0.2) is 46.0 Å². The minimum Gasteiger partial charge on any atom is -0.438 e. The first-order chi connectivity index (χ1) is 19.8. The van der Waals surface area contributed by atoms with Gasteiger partial charge in [0.25, 0.3) is 5.91 Å². The summed E-state index contributed by atoms with van der Waals surface area (Å²) in [5.41, 5.74) is 1.86. The summed E-state index contributed by atoms with van der Waals surface area (Å²) in [6.45, 7) is 5.12. The summed E-state index contributed by atoms with van der Waals surface area (Å²) in [5, 5.41) is 3.55.